The number of nitrogens with one attached hydrogen (secondary N) is 1. The quantitative estimate of drug-likeness (QED) is 0.306. The molecule has 0 atom stereocenters. The molecule has 33 heavy (non-hydrogen) atoms. The van der Waals surface area contributed by atoms with Crippen LogP contribution in [0.4, 0.5) is 11.4 Å². The van der Waals surface area contributed by atoms with Gasteiger partial charge in [0.05, 0.1) is 12.0 Å². The highest BCUT2D eigenvalue weighted by atomic mass is 35.5. The van der Waals surface area contributed by atoms with Gasteiger partial charge in [0.2, 0.25) is 11.7 Å². The van der Waals surface area contributed by atoms with Crippen molar-refractivity contribution in [1.82, 2.24) is 14.8 Å². The van der Waals surface area contributed by atoms with Crippen LogP contribution in [0.2, 0.25) is 5.02 Å². The maximum atomic E-state index is 12.6. The van der Waals surface area contributed by atoms with Gasteiger partial charge in [-0.15, -0.1) is 10.2 Å². The summed E-state index contributed by atoms with van der Waals surface area (Å²) in [5, 5.41) is 12.7. The molecule has 2 heterocycles. The second kappa shape index (κ2) is 10.6. The van der Waals surface area contributed by atoms with Crippen LogP contribution in [-0.4, -0.2) is 39.5 Å². The van der Waals surface area contributed by atoms with Gasteiger partial charge >= 0.3 is 0 Å². The van der Waals surface area contributed by atoms with E-state index in [1.807, 2.05) is 47.0 Å². The summed E-state index contributed by atoms with van der Waals surface area (Å²) in [7, 11) is 0. The zero-order valence-electron chi connectivity index (χ0n) is 18.4. The van der Waals surface area contributed by atoms with Crippen molar-refractivity contribution in [3.8, 4) is 17.3 Å². The largest absolute Gasteiger partial charge is 0.461 e. The van der Waals surface area contributed by atoms with Crippen LogP contribution in [0.3, 0.4) is 0 Å². The van der Waals surface area contributed by atoms with E-state index in [9.17, 15) is 4.79 Å². The van der Waals surface area contributed by atoms with Gasteiger partial charge in [0.1, 0.15) is 0 Å². The highest BCUT2D eigenvalue weighted by Gasteiger charge is 2.19. The minimum absolute atomic E-state index is 0.124. The van der Waals surface area contributed by atoms with Crippen LogP contribution in [0.15, 0.2) is 76.5 Å². The number of thioether (sulfide) groups is 1. The number of carbonyl (C=O) groups excluding carboxylic acids is 1. The summed E-state index contributed by atoms with van der Waals surface area (Å²) >= 11 is 7.36. The average molecular weight is 482 g/mol. The van der Waals surface area contributed by atoms with Crippen molar-refractivity contribution in [3.05, 3.63) is 71.9 Å². The van der Waals surface area contributed by atoms with Gasteiger partial charge < -0.3 is 14.6 Å². The molecule has 0 bridgehead atoms. The minimum atomic E-state index is -0.124. The van der Waals surface area contributed by atoms with Gasteiger partial charge in [-0.2, -0.15) is 0 Å². The Morgan fingerprint density at radius 2 is 1.79 bits per heavy atom. The number of furan rings is 1. The predicted octanol–water partition coefficient (Wildman–Crippen LogP) is 5.76. The fourth-order valence-electron chi connectivity index (χ4n) is 3.42. The molecule has 2 aromatic heterocycles. The molecule has 7 nitrogen and oxygen atoms in total. The molecule has 1 N–H and O–H groups in total. The van der Waals surface area contributed by atoms with Crippen LogP contribution in [0.25, 0.3) is 17.3 Å². The summed E-state index contributed by atoms with van der Waals surface area (Å²) in [4.78, 5) is 14.9. The summed E-state index contributed by atoms with van der Waals surface area (Å²) in [6.07, 6.45) is 1.59. The third-order valence-corrected chi connectivity index (χ3v) is 6.25. The van der Waals surface area contributed by atoms with Crippen LogP contribution in [-0.2, 0) is 4.79 Å². The third kappa shape index (κ3) is 5.40. The van der Waals surface area contributed by atoms with Gasteiger partial charge in [-0.3, -0.25) is 9.36 Å². The second-order valence-corrected chi connectivity index (χ2v) is 8.53. The summed E-state index contributed by atoms with van der Waals surface area (Å²) in [5.74, 6) is 1.20. The molecule has 0 aliphatic carbocycles. The van der Waals surface area contributed by atoms with Gasteiger partial charge in [-0.1, -0.05) is 23.4 Å². The molecule has 0 saturated heterocycles. The summed E-state index contributed by atoms with van der Waals surface area (Å²) in [6, 6.07) is 18.8. The van der Waals surface area contributed by atoms with E-state index in [1.165, 1.54) is 11.8 Å². The van der Waals surface area contributed by atoms with Gasteiger partial charge in [0, 0.05) is 35.2 Å². The Kier molecular flexibility index (Phi) is 7.36. The monoisotopic (exact) mass is 481 g/mol. The summed E-state index contributed by atoms with van der Waals surface area (Å²) in [6.45, 7) is 6.12. The average Bonchev–Trinajstić information content (AvgIpc) is 3.50. The Hall–Kier alpha value is -3.23. The van der Waals surface area contributed by atoms with E-state index in [1.54, 1.807) is 24.5 Å². The van der Waals surface area contributed by atoms with Crippen molar-refractivity contribution in [2.75, 3.05) is 29.1 Å². The smallest absolute Gasteiger partial charge is 0.234 e. The molecule has 1 amide bonds. The highest BCUT2D eigenvalue weighted by molar-refractivity contribution is 7.99. The normalized spacial score (nSPS) is 10.9. The maximum absolute atomic E-state index is 12.6. The first-order chi connectivity index (χ1) is 16.1. The lowest BCUT2D eigenvalue weighted by atomic mass is 10.2. The summed E-state index contributed by atoms with van der Waals surface area (Å²) < 4.78 is 7.38. The molecular weight excluding hydrogens is 458 g/mol. The van der Waals surface area contributed by atoms with E-state index in [0.29, 0.717) is 21.8 Å². The zero-order valence-corrected chi connectivity index (χ0v) is 19.9. The summed E-state index contributed by atoms with van der Waals surface area (Å²) in [5.41, 5.74) is 2.71. The number of hydrogen-bond donors (Lipinski definition) is 1. The number of rotatable bonds is 9. The van der Waals surface area contributed by atoms with Crippen LogP contribution in [0.1, 0.15) is 13.8 Å². The molecule has 4 rings (SSSR count). The van der Waals surface area contributed by atoms with Crippen LogP contribution in [0.5, 0.6) is 0 Å². The molecule has 0 aliphatic rings. The third-order valence-electron chi connectivity index (χ3n) is 5.07. The SMILES string of the molecule is CCN(CC)c1ccc(NC(=O)CSc2nnc(-c3ccco3)n2-c2ccc(Cl)cc2)cc1. The number of benzene rings is 2. The molecule has 0 fully saturated rings. The number of anilines is 2. The van der Waals surface area contributed by atoms with E-state index in [2.05, 4.69) is 34.3 Å². The highest BCUT2D eigenvalue weighted by Crippen LogP contribution is 2.29. The molecule has 0 unspecified atom stereocenters. The lowest BCUT2D eigenvalue weighted by Crippen LogP contribution is -2.21. The Labute approximate surface area is 201 Å². The Balaban J connectivity index is 1.48. The van der Waals surface area contributed by atoms with E-state index in [0.717, 1.165) is 30.2 Å². The number of halogens is 1. The predicted molar refractivity (Wildman–Crippen MR) is 133 cm³/mol. The van der Waals surface area contributed by atoms with Crippen molar-refractivity contribution in [2.45, 2.75) is 19.0 Å². The fourth-order valence-corrected chi connectivity index (χ4v) is 4.30. The molecular formula is C24H24ClN5O2S. The van der Waals surface area contributed by atoms with E-state index < -0.39 is 0 Å². The molecule has 9 heteroatoms. The first-order valence-electron chi connectivity index (χ1n) is 10.6. The van der Waals surface area contributed by atoms with Crippen molar-refractivity contribution >= 4 is 40.6 Å². The molecule has 2 aromatic carbocycles. The standard InChI is InChI=1S/C24H24ClN5O2S/c1-3-29(4-2)19-13-9-18(10-14-19)26-22(31)16-33-24-28-27-23(21-6-5-15-32-21)30(24)20-11-7-17(25)8-12-20/h5-15H,3-4,16H2,1-2H3,(H,26,31). The molecule has 0 saturated carbocycles. The van der Waals surface area contributed by atoms with Gasteiger partial charge in [0.25, 0.3) is 0 Å². The van der Waals surface area contributed by atoms with Crippen LogP contribution < -0.4 is 10.2 Å². The topological polar surface area (TPSA) is 76.2 Å². The van der Waals surface area contributed by atoms with Crippen molar-refractivity contribution in [1.29, 1.82) is 0 Å². The minimum Gasteiger partial charge on any atom is -0.461 e. The first-order valence-corrected chi connectivity index (χ1v) is 12.0. The number of carbonyl (C=O) groups is 1. The Morgan fingerprint density at radius 3 is 2.42 bits per heavy atom. The van der Waals surface area contributed by atoms with Crippen molar-refractivity contribution in [3.63, 3.8) is 0 Å². The van der Waals surface area contributed by atoms with E-state index in [4.69, 9.17) is 16.0 Å². The molecule has 170 valence electrons. The van der Waals surface area contributed by atoms with Crippen molar-refractivity contribution in [2.24, 2.45) is 0 Å². The number of amides is 1. The van der Waals surface area contributed by atoms with Gasteiger partial charge in [-0.05, 0) is 74.5 Å². The second-order valence-electron chi connectivity index (χ2n) is 7.15. The van der Waals surface area contributed by atoms with E-state index >= 15 is 0 Å². The molecule has 0 spiro atoms. The maximum Gasteiger partial charge on any atom is 0.234 e. The zero-order chi connectivity index (χ0) is 23.2. The number of hydrogen-bond acceptors (Lipinski definition) is 6. The molecule has 0 radical (unpaired) electrons. The molecule has 4 aromatic rings. The van der Waals surface area contributed by atoms with Crippen LogP contribution in [0, 0.1) is 0 Å². The van der Waals surface area contributed by atoms with Gasteiger partial charge in [-0.25, -0.2) is 0 Å². The van der Waals surface area contributed by atoms with Crippen molar-refractivity contribution < 1.29 is 9.21 Å². The lowest BCUT2D eigenvalue weighted by molar-refractivity contribution is -0.113. The Bertz CT molecular complexity index is 1190. The Morgan fingerprint density at radius 1 is 1.06 bits per heavy atom. The van der Waals surface area contributed by atoms with Gasteiger partial charge in [0.15, 0.2) is 10.9 Å². The van der Waals surface area contributed by atoms with E-state index in [-0.39, 0.29) is 11.7 Å². The molecule has 0 aliphatic heterocycles. The number of nitrogens with zero attached hydrogens (tertiary/aromatic N) is 4. The fraction of sp³-hybridized carbons (Fsp3) is 0.208. The lowest BCUT2D eigenvalue weighted by Gasteiger charge is -2.21. The number of aromatic nitrogens is 3. The first kappa shape index (κ1) is 22.9. The van der Waals surface area contributed by atoms with Crippen LogP contribution >= 0.6 is 23.4 Å².